The predicted octanol–water partition coefficient (Wildman–Crippen LogP) is 3.56. The van der Waals surface area contributed by atoms with E-state index < -0.39 is 0 Å². The fourth-order valence-electron chi connectivity index (χ4n) is 1.38. The summed E-state index contributed by atoms with van der Waals surface area (Å²) >= 11 is 3.44. The highest BCUT2D eigenvalue weighted by atomic mass is 79.9. The first-order valence-corrected chi connectivity index (χ1v) is 5.38. The summed E-state index contributed by atoms with van der Waals surface area (Å²) in [6, 6.07) is 6.10. The van der Waals surface area contributed by atoms with Crippen molar-refractivity contribution in [3.63, 3.8) is 0 Å². The molecule has 0 atom stereocenters. The fraction of sp³-hybridized carbons (Fsp3) is 0.250. The van der Waals surface area contributed by atoms with Crippen molar-refractivity contribution in [2.45, 2.75) is 12.8 Å². The van der Waals surface area contributed by atoms with Gasteiger partial charge in [-0.2, -0.15) is 5.26 Å². The van der Waals surface area contributed by atoms with Gasteiger partial charge in [-0.05, 0) is 40.0 Å². The van der Waals surface area contributed by atoms with Gasteiger partial charge in [0.1, 0.15) is 5.75 Å². The second-order valence-electron chi connectivity index (χ2n) is 3.06. The molecule has 0 aliphatic carbocycles. The molecule has 0 unspecified atom stereocenters. The van der Waals surface area contributed by atoms with Gasteiger partial charge in [-0.1, -0.05) is 12.7 Å². The maximum absolute atomic E-state index is 8.52. The number of aryl methyl sites for hydroxylation is 1. The van der Waals surface area contributed by atoms with E-state index in [1.165, 1.54) is 0 Å². The van der Waals surface area contributed by atoms with Gasteiger partial charge in [0.25, 0.3) is 0 Å². The van der Waals surface area contributed by atoms with Crippen molar-refractivity contribution in [2.24, 2.45) is 0 Å². The maximum Gasteiger partial charge on any atom is 0.140 e. The Hall–Kier alpha value is -1.27. The van der Waals surface area contributed by atoms with E-state index in [0.717, 1.165) is 27.8 Å². The van der Waals surface area contributed by atoms with Gasteiger partial charge in [0, 0.05) is 12.0 Å². The summed E-state index contributed by atoms with van der Waals surface area (Å²) in [6.45, 7) is 3.74. The SMILES string of the molecule is C=Cc1cc(CCC#N)cc(Br)c1OC. The maximum atomic E-state index is 8.52. The van der Waals surface area contributed by atoms with Crippen molar-refractivity contribution in [1.82, 2.24) is 0 Å². The van der Waals surface area contributed by atoms with Crippen LogP contribution in [0.2, 0.25) is 0 Å². The molecule has 1 rings (SSSR count). The van der Waals surface area contributed by atoms with E-state index in [1.807, 2.05) is 12.1 Å². The molecular formula is C12H12BrNO. The number of nitrogens with zero attached hydrogens (tertiary/aromatic N) is 1. The van der Waals surface area contributed by atoms with Gasteiger partial charge in [-0.15, -0.1) is 0 Å². The molecule has 3 heteroatoms. The van der Waals surface area contributed by atoms with Crippen molar-refractivity contribution >= 4 is 22.0 Å². The van der Waals surface area contributed by atoms with Crippen LogP contribution in [0.15, 0.2) is 23.2 Å². The van der Waals surface area contributed by atoms with E-state index in [2.05, 4.69) is 28.6 Å². The molecule has 0 heterocycles. The highest BCUT2D eigenvalue weighted by molar-refractivity contribution is 9.10. The molecule has 0 saturated heterocycles. The first kappa shape index (κ1) is 11.8. The lowest BCUT2D eigenvalue weighted by atomic mass is 10.1. The molecule has 0 aliphatic rings. The quantitative estimate of drug-likeness (QED) is 0.834. The Morgan fingerprint density at radius 2 is 2.33 bits per heavy atom. The van der Waals surface area contributed by atoms with E-state index in [4.69, 9.17) is 10.00 Å². The van der Waals surface area contributed by atoms with Gasteiger partial charge in [-0.25, -0.2) is 0 Å². The summed E-state index contributed by atoms with van der Waals surface area (Å²) in [4.78, 5) is 0. The zero-order valence-electron chi connectivity index (χ0n) is 8.59. The van der Waals surface area contributed by atoms with Crippen molar-refractivity contribution in [2.75, 3.05) is 7.11 Å². The molecule has 0 saturated carbocycles. The summed E-state index contributed by atoms with van der Waals surface area (Å²) in [6.07, 6.45) is 3.02. The minimum atomic E-state index is 0.523. The van der Waals surface area contributed by atoms with E-state index in [-0.39, 0.29) is 0 Å². The number of ether oxygens (including phenoxy) is 1. The molecule has 0 aromatic heterocycles. The number of hydrogen-bond acceptors (Lipinski definition) is 2. The molecule has 0 N–H and O–H groups in total. The monoisotopic (exact) mass is 265 g/mol. The molecule has 0 spiro atoms. The first-order chi connectivity index (χ1) is 7.22. The molecule has 0 radical (unpaired) electrons. The summed E-state index contributed by atoms with van der Waals surface area (Å²) < 4.78 is 6.14. The van der Waals surface area contributed by atoms with Crippen LogP contribution in [0.5, 0.6) is 5.75 Å². The second kappa shape index (κ2) is 5.57. The van der Waals surface area contributed by atoms with Gasteiger partial charge in [-0.3, -0.25) is 0 Å². The predicted molar refractivity (Wildman–Crippen MR) is 64.7 cm³/mol. The van der Waals surface area contributed by atoms with Gasteiger partial charge in [0.15, 0.2) is 0 Å². The van der Waals surface area contributed by atoms with Crippen molar-refractivity contribution in [3.05, 3.63) is 34.3 Å². The van der Waals surface area contributed by atoms with Crippen LogP contribution in [0, 0.1) is 11.3 Å². The van der Waals surface area contributed by atoms with Crippen LogP contribution in [0.3, 0.4) is 0 Å². The Morgan fingerprint density at radius 1 is 1.60 bits per heavy atom. The lowest BCUT2D eigenvalue weighted by Gasteiger charge is -2.09. The number of benzene rings is 1. The van der Waals surface area contributed by atoms with Crippen LogP contribution in [0.1, 0.15) is 17.5 Å². The Kier molecular flexibility index (Phi) is 4.38. The number of methoxy groups -OCH3 is 1. The number of halogens is 1. The third-order valence-electron chi connectivity index (χ3n) is 2.08. The summed E-state index contributed by atoms with van der Waals surface area (Å²) in [5, 5.41) is 8.52. The van der Waals surface area contributed by atoms with Crippen molar-refractivity contribution in [1.29, 1.82) is 5.26 Å². The largest absolute Gasteiger partial charge is 0.495 e. The summed E-state index contributed by atoms with van der Waals surface area (Å²) in [7, 11) is 1.63. The van der Waals surface area contributed by atoms with Gasteiger partial charge >= 0.3 is 0 Å². The van der Waals surface area contributed by atoms with Crippen LogP contribution in [-0.2, 0) is 6.42 Å². The van der Waals surface area contributed by atoms with E-state index in [1.54, 1.807) is 13.2 Å². The standard InChI is InChI=1S/C12H12BrNO/c1-3-10-7-9(5-4-6-14)8-11(13)12(10)15-2/h3,7-8H,1,4-5H2,2H3. The molecule has 0 aliphatic heterocycles. The lowest BCUT2D eigenvalue weighted by molar-refractivity contribution is 0.411. The normalized spacial score (nSPS) is 9.40. The summed E-state index contributed by atoms with van der Waals surface area (Å²) in [5.74, 6) is 0.783. The minimum Gasteiger partial charge on any atom is -0.495 e. The Labute approximate surface area is 98.3 Å². The van der Waals surface area contributed by atoms with E-state index >= 15 is 0 Å². The van der Waals surface area contributed by atoms with E-state index in [9.17, 15) is 0 Å². The topological polar surface area (TPSA) is 33.0 Å². The van der Waals surface area contributed by atoms with Gasteiger partial charge in [0.2, 0.25) is 0 Å². The third-order valence-corrected chi connectivity index (χ3v) is 2.67. The lowest BCUT2D eigenvalue weighted by Crippen LogP contribution is -1.92. The van der Waals surface area contributed by atoms with Crippen molar-refractivity contribution < 1.29 is 4.74 Å². The van der Waals surface area contributed by atoms with Crippen LogP contribution >= 0.6 is 15.9 Å². The average molecular weight is 266 g/mol. The van der Waals surface area contributed by atoms with E-state index in [0.29, 0.717) is 6.42 Å². The van der Waals surface area contributed by atoms with Gasteiger partial charge in [0.05, 0.1) is 17.7 Å². The molecule has 0 amide bonds. The van der Waals surface area contributed by atoms with Gasteiger partial charge < -0.3 is 4.74 Å². The number of nitriles is 1. The molecule has 0 fully saturated rings. The Bertz CT molecular complexity index is 407. The molecule has 2 nitrogen and oxygen atoms in total. The van der Waals surface area contributed by atoms with Crippen LogP contribution in [0.4, 0.5) is 0 Å². The Morgan fingerprint density at radius 3 is 2.87 bits per heavy atom. The minimum absolute atomic E-state index is 0.523. The Balaban J connectivity index is 3.09. The summed E-state index contributed by atoms with van der Waals surface area (Å²) in [5.41, 5.74) is 2.05. The van der Waals surface area contributed by atoms with Crippen LogP contribution in [-0.4, -0.2) is 7.11 Å². The highest BCUT2D eigenvalue weighted by Crippen LogP contribution is 2.31. The number of rotatable bonds is 4. The molecule has 1 aromatic rings. The number of hydrogen-bond donors (Lipinski definition) is 0. The molecule has 1 aromatic carbocycles. The van der Waals surface area contributed by atoms with Crippen molar-refractivity contribution in [3.8, 4) is 11.8 Å². The molecule has 0 bridgehead atoms. The van der Waals surface area contributed by atoms with Crippen LogP contribution in [0.25, 0.3) is 6.08 Å². The average Bonchev–Trinajstić information content (AvgIpc) is 2.25. The third kappa shape index (κ3) is 2.84. The molecule has 15 heavy (non-hydrogen) atoms. The van der Waals surface area contributed by atoms with Crippen LogP contribution < -0.4 is 4.74 Å². The molecule has 78 valence electrons. The molecular weight excluding hydrogens is 254 g/mol. The fourth-order valence-corrected chi connectivity index (χ4v) is 2.07. The highest BCUT2D eigenvalue weighted by Gasteiger charge is 2.07. The zero-order valence-corrected chi connectivity index (χ0v) is 10.2. The smallest absolute Gasteiger partial charge is 0.140 e. The zero-order chi connectivity index (χ0) is 11.3. The first-order valence-electron chi connectivity index (χ1n) is 4.58. The second-order valence-corrected chi connectivity index (χ2v) is 3.92.